The molecule has 0 saturated carbocycles. The quantitative estimate of drug-likeness (QED) is 0.314. The molecule has 0 amide bonds. The van der Waals surface area contributed by atoms with Gasteiger partial charge in [-0.3, -0.25) is 9.20 Å². The van der Waals surface area contributed by atoms with Crippen LogP contribution >= 0.6 is 0 Å². The molecule has 0 bridgehead atoms. The summed E-state index contributed by atoms with van der Waals surface area (Å²) in [5.74, 6) is -0.115. The minimum absolute atomic E-state index is 0.0532. The predicted octanol–water partition coefficient (Wildman–Crippen LogP) is 4.77. The van der Waals surface area contributed by atoms with E-state index in [9.17, 15) is 18.3 Å². The molecule has 222 valence electrons. The van der Waals surface area contributed by atoms with Crippen molar-refractivity contribution >= 4 is 33.3 Å². The summed E-state index contributed by atoms with van der Waals surface area (Å²) in [6.07, 6.45) is 4.49. The van der Waals surface area contributed by atoms with E-state index in [-0.39, 0.29) is 29.7 Å². The van der Waals surface area contributed by atoms with Gasteiger partial charge in [0.15, 0.2) is 5.65 Å². The molecule has 2 aliphatic heterocycles. The average molecular weight is 600 g/mol. The number of fused-ring (bicyclic) bond motifs is 4. The van der Waals surface area contributed by atoms with Gasteiger partial charge in [0.05, 0.1) is 6.42 Å². The molecular formula is C31H33N7O4S. The van der Waals surface area contributed by atoms with E-state index in [4.69, 9.17) is 6.57 Å². The van der Waals surface area contributed by atoms with E-state index < -0.39 is 21.9 Å². The number of benzene rings is 1. The molecule has 0 radical (unpaired) electrons. The first-order chi connectivity index (χ1) is 20.6. The molecule has 6 rings (SSSR count). The predicted molar refractivity (Wildman–Crippen MR) is 161 cm³/mol. The van der Waals surface area contributed by atoms with Gasteiger partial charge in [-0.25, -0.2) is 8.42 Å². The molecule has 0 spiro atoms. The minimum atomic E-state index is -3.94. The van der Waals surface area contributed by atoms with E-state index in [1.54, 1.807) is 0 Å². The van der Waals surface area contributed by atoms with Crippen molar-refractivity contribution in [3.63, 3.8) is 0 Å². The van der Waals surface area contributed by atoms with E-state index in [1.807, 2.05) is 55.6 Å². The van der Waals surface area contributed by atoms with E-state index in [0.717, 1.165) is 52.9 Å². The van der Waals surface area contributed by atoms with Crippen LogP contribution in [0.2, 0.25) is 0 Å². The summed E-state index contributed by atoms with van der Waals surface area (Å²) in [5, 5.41) is 18.4. The molecule has 1 N–H and O–H groups in total. The van der Waals surface area contributed by atoms with Crippen molar-refractivity contribution in [2.24, 2.45) is 0 Å². The SMILES string of the molecule is [C-]#[N+]c1ccc2c(n1)N1CCCC[C@H]1CN(Cc1cc([C@H](CC(=O)O)c3ccn4c(C)nnc4c3C)ccc1C)S2(=O)=O. The largest absolute Gasteiger partial charge is 0.481 e. The van der Waals surface area contributed by atoms with E-state index >= 15 is 0 Å². The fourth-order valence-electron chi connectivity index (χ4n) is 6.43. The monoisotopic (exact) mass is 599 g/mol. The van der Waals surface area contributed by atoms with Crippen LogP contribution in [0.5, 0.6) is 0 Å². The van der Waals surface area contributed by atoms with Gasteiger partial charge in [-0.2, -0.15) is 4.31 Å². The summed E-state index contributed by atoms with van der Waals surface area (Å²) in [4.78, 5) is 22.2. The number of nitrogens with zero attached hydrogens (tertiary/aromatic N) is 7. The number of carbonyl (C=O) groups is 1. The Balaban J connectivity index is 1.41. The molecule has 2 aliphatic rings. The molecule has 4 aromatic rings. The number of aryl methyl sites for hydroxylation is 3. The van der Waals surface area contributed by atoms with Crippen molar-refractivity contribution in [2.45, 2.75) is 69.9 Å². The molecule has 0 unspecified atom stereocenters. The van der Waals surface area contributed by atoms with Crippen LogP contribution in [0.1, 0.15) is 65.2 Å². The number of rotatable bonds is 6. The van der Waals surface area contributed by atoms with Crippen LogP contribution in [0, 0.1) is 27.3 Å². The van der Waals surface area contributed by atoms with Crippen molar-refractivity contribution in [1.82, 2.24) is 23.9 Å². The Bertz CT molecular complexity index is 1900. The lowest BCUT2D eigenvalue weighted by Gasteiger charge is -2.35. The van der Waals surface area contributed by atoms with Gasteiger partial charge in [0.1, 0.15) is 10.7 Å². The zero-order valence-corrected chi connectivity index (χ0v) is 25.2. The van der Waals surface area contributed by atoms with Crippen LogP contribution in [0.3, 0.4) is 0 Å². The third-order valence-corrected chi connectivity index (χ3v) is 10.6. The standard InChI is InChI=1S/C31H33N7O4S/c1-19-8-9-22(26(16-29(39)40)25-12-14-37-21(3)34-35-30(37)20(25)2)15-23(19)17-36-18-24-7-5-6-13-38(24)31-27(43(36,41)42)10-11-28(32-4)33-31/h8-12,14-15,24,26H,5-7,13,16-18H2,1-3H3,(H,39,40)/t24-,26-/m0/s1. The summed E-state index contributed by atoms with van der Waals surface area (Å²) >= 11 is 0. The number of pyridine rings is 2. The molecule has 5 heterocycles. The summed E-state index contributed by atoms with van der Waals surface area (Å²) in [5.41, 5.74) is 4.89. The second-order valence-electron chi connectivity index (χ2n) is 11.4. The van der Waals surface area contributed by atoms with Gasteiger partial charge in [-0.1, -0.05) is 24.8 Å². The van der Waals surface area contributed by atoms with E-state index in [2.05, 4.69) is 24.9 Å². The maximum atomic E-state index is 14.1. The molecule has 1 fully saturated rings. The van der Waals surface area contributed by atoms with E-state index in [0.29, 0.717) is 24.6 Å². The number of aliphatic carboxylic acids is 1. The number of aromatic nitrogens is 4. The summed E-state index contributed by atoms with van der Waals surface area (Å²) in [6, 6.07) is 10.6. The first-order valence-electron chi connectivity index (χ1n) is 14.4. The van der Waals surface area contributed by atoms with Crippen LogP contribution in [-0.2, 0) is 21.4 Å². The van der Waals surface area contributed by atoms with Crippen LogP contribution in [0.25, 0.3) is 10.5 Å². The van der Waals surface area contributed by atoms with Gasteiger partial charge >= 0.3 is 5.97 Å². The normalized spacial score (nSPS) is 18.8. The average Bonchev–Trinajstić information content (AvgIpc) is 3.34. The Morgan fingerprint density at radius 3 is 2.72 bits per heavy atom. The number of carboxylic acid groups (broad SMARTS) is 1. The highest BCUT2D eigenvalue weighted by molar-refractivity contribution is 7.89. The van der Waals surface area contributed by atoms with Gasteiger partial charge < -0.3 is 14.9 Å². The van der Waals surface area contributed by atoms with Crippen molar-refractivity contribution in [2.75, 3.05) is 18.0 Å². The summed E-state index contributed by atoms with van der Waals surface area (Å²) < 4.78 is 31.7. The Morgan fingerprint density at radius 2 is 1.95 bits per heavy atom. The highest BCUT2D eigenvalue weighted by Crippen LogP contribution is 2.38. The highest BCUT2D eigenvalue weighted by atomic mass is 32.2. The molecule has 43 heavy (non-hydrogen) atoms. The molecule has 1 aromatic carbocycles. The van der Waals surface area contributed by atoms with Gasteiger partial charge in [0, 0.05) is 37.8 Å². The fraction of sp³-hybridized carbons (Fsp3) is 0.387. The third-order valence-electron chi connectivity index (χ3n) is 8.78. The number of hydrogen-bond donors (Lipinski definition) is 1. The zero-order valence-electron chi connectivity index (χ0n) is 24.4. The van der Waals surface area contributed by atoms with Crippen LogP contribution < -0.4 is 4.90 Å². The van der Waals surface area contributed by atoms with Crippen LogP contribution in [0.15, 0.2) is 47.5 Å². The summed E-state index contributed by atoms with van der Waals surface area (Å²) in [6.45, 7) is 14.3. The van der Waals surface area contributed by atoms with Gasteiger partial charge in [-0.15, -0.1) is 15.2 Å². The van der Waals surface area contributed by atoms with Crippen molar-refractivity contribution in [1.29, 1.82) is 0 Å². The second-order valence-corrected chi connectivity index (χ2v) is 13.3. The lowest BCUT2D eigenvalue weighted by Crippen LogP contribution is -2.45. The Kier molecular flexibility index (Phi) is 7.40. The van der Waals surface area contributed by atoms with Crippen LogP contribution in [0.4, 0.5) is 11.6 Å². The maximum Gasteiger partial charge on any atom is 0.304 e. The molecule has 1 saturated heterocycles. The van der Waals surface area contributed by atoms with Crippen molar-refractivity contribution in [3.8, 4) is 0 Å². The first-order valence-corrected chi connectivity index (χ1v) is 15.8. The smallest absolute Gasteiger partial charge is 0.304 e. The summed E-state index contributed by atoms with van der Waals surface area (Å²) in [7, 11) is -3.94. The minimum Gasteiger partial charge on any atom is -0.481 e. The molecular weight excluding hydrogens is 566 g/mol. The number of anilines is 1. The lowest BCUT2D eigenvalue weighted by molar-refractivity contribution is -0.137. The van der Waals surface area contributed by atoms with Crippen LogP contribution in [-0.4, -0.2) is 62.5 Å². The topological polar surface area (TPSA) is 125 Å². The Morgan fingerprint density at radius 1 is 1.14 bits per heavy atom. The number of hydrogen-bond acceptors (Lipinski definition) is 7. The van der Waals surface area contributed by atoms with Crippen molar-refractivity contribution < 1.29 is 18.3 Å². The highest BCUT2D eigenvalue weighted by Gasteiger charge is 2.41. The molecule has 12 heteroatoms. The number of piperidine rings is 1. The Labute approximate surface area is 250 Å². The van der Waals surface area contributed by atoms with Crippen molar-refractivity contribution in [3.05, 3.63) is 87.7 Å². The fourth-order valence-corrected chi connectivity index (χ4v) is 8.02. The second kappa shape index (κ2) is 11.1. The van der Waals surface area contributed by atoms with E-state index in [1.165, 1.54) is 16.4 Å². The van der Waals surface area contributed by atoms with Gasteiger partial charge in [-0.05, 0) is 86.1 Å². The number of carboxylic acids is 1. The molecule has 2 atom stereocenters. The number of sulfonamides is 1. The zero-order chi connectivity index (χ0) is 30.5. The van der Waals surface area contributed by atoms with Gasteiger partial charge in [0.2, 0.25) is 15.8 Å². The van der Waals surface area contributed by atoms with Gasteiger partial charge in [0.25, 0.3) is 5.82 Å². The third kappa shape index (κ3) is 5.13. The maximum absolute atomic E-state index is 14.1. The molecule has 3 aromatic heterocycles. The first kappa shape index (κ1) is 28.8. The molecule has 11 nitrogen and oxygen atoms in total. The molecule has 0 aliphatic carbocycles. The Hall–Kier alpha value is -4.34. The lowest BCUT2D eigenvalue weighted by atomic mass is 9.85.